The lowest BCUT2D eigenvalue weighted by Gasteiger charge is -2.13. The van der Waals surface area contributed by atoms with E-state index in [-0.39, 0.29) is 12.5 Å². The Bertz CT molecular complexity index is 362. The van der Waals surface area contributed by atoms with Crippen LogP contribution in [0.3, 0.4) is 0 Å². The third-order valence-corrected chi connectivity index (χ3v) is 2.38. The van der Waals surface area contributed by atoms with Crippen LogP contribution in [0.25, 0.3) is 0 Å². The van der Waals surface area contributed by atoms with E-state index in [1.165, 1.54) is 0 Å². The second-order valence-electron chi connectivity index (χ2n) is 3.59. The van der Waals surface area contributed by atoms with Gasteiger partial charge in [-0.1, -0.05) is 0 Å². The fourth-order valence-corrected chi connectivity index (χ4v) is 1.46. The number of carboxylic acid groups (broad SMARTS) is 1. The number of aliphatic carboxylic acids is 1. The number of H-pyrrole nitrogens is 1. The van der Waals surface area contributed by atoms with Crippen LogP contribution in [0.5, 0.6) is 0 Å². The van der Waals surface area contributed by atoms with Crippen molar-refractivity contribution < 1.29 is 14.7 Å². The quantitative estimate of drug-likeness (QED) is 0.579. The van der Waals surface area contributed by atoms with Crippen molar-refractivity contribution in [2.24, 2.45) is 0 Å². The summed E-state index contributed by atoms with van der Waals surface area (Å²) in [6.45, 7) is 1.89. The number of hydrogen-bond acceptors (Lipinski definition) is 3. The molecule has 1 amide bonds. The minimum atomic E-state index is -0.864. The zero-order chi connectivity index (χ0) is 12.0. The van der Waals surface area contributed by atoms with Crippen molar-refractivity contribution in [2.75, 3.05) is 0 Å². The first-order chi connectivity index (χ1) is 7.63. The van der Waals surface area contributed by atoms with E-state index in [4.69, 9.17) is 5.11 Å². The van der Waals surface area contributed by atoms with Crippen LogP contribution in [0.15, 0.2) is 6.33 Å². The van der Waals surface area contributed by atoms with Crippen LogP contribution in [-0.2, 0) is 16.0 Å². The van der Waals surface area contributed by atoms with Gasteiger partial charge in [-0.05, 0) is 13.3 Å². The van der Waals surface area contributed by atoms with Gasteiger partial charge in [-0.2, -0.15) is 0 Å². The lowest BCUT2D eigenvalue weighted by atomic mass is 10.1. The van der Waals surface area contributed by atoms with Gasteiger partial charge in [0.05, 0.1) is 12.0 Å². The zero-order valence-electron chi connectivity index (χ0n) is 9.06. The second kappa shape index (κ2) is 5.89. The highest BCUT2D eigenvalue weighted by Gasteiger charge is 2.13. The minimum Gasteiger partial charge on any atom is -0.481 e. The SMILES string of the molecule is Cc1[nH]cnc1CC(CCC(=O)O)NC=O. The van der Waals surface area contributed by atoms with Crippen LogP contribution in [0.4, 0.5) is 0 Å². The Hall–Kier alpha value is -1.85. The molecular formula is C10H15N3O3. The van der Waals surface area contributed by atoms with E-state index in [9.17, 15) is 9.59 Å². The number of aryl methyl sites for hydroxylation is 1. The predicted octanol–water partition coefficient (Wildman–Crippen LogP) is 0.240. The van der Waals surface area contributed by atoms with E-state index >= 15 is 0 Å². The number of aromatic nitrogens is 2. The molecule has 3 N–H and O–H groups in total. The molecule has 0 aliphatic heterocycles. The van der Waals surface area contributed by atoms with Crippen LogP contribution in [0.1, 0.15) is 24.2 Å². The van der Waals surface area contributed by atoms with Gasteiger partial charge in [-0.3, -0.25) is 9.59 Å². The molecule has 1 aromatic rings. The van der Waals surface area contributed by atoms with Gasteiger partial charge in [-0.25, -0.2) is 4.98 Å². The maximum atomic E-state index is 10.4. The summed E-state index contributed by atoms with van der Waals surface area (Å²) in [6.07, 6.45) is 3.16. The molecule has 1 heterocycles. The first-order valence-corrected chi connectivity index (χ1v) is 5.03. The molecule has 1 aromatic heterocycles. The molecule has 6 heteroatoms. The summed E-state index contributed by atoms with van der Waals surface area (Å²) in [5.74, 6) is -0.864. The normalized spacial score (nSPS) is 12.1. The van der Waals surface area contributed by atoms with Crippen LogP contribution in [0, 0.1) is 6.92 Å². The molecule has 1 atom stereocenters. The average molecular weight is 225 g/mol. The molecule has 0 fully saturated rings. The predicted molar refractivity (Wildman–Crippen MR) is 56.9 cm³/mol. The van der Waals surface area contributed by atoms with Crippen molar-refractivity contribution in [3.63, 3.8) is 0 Å². The molecule has 1 unspecified atom stereocenters. The first kappa shape index (κ1) is 12.2. The Balaban J connectivity index is 2.53. The van der Waals surface area contributed by atoms with E-state index in [0.29, 0.717) is 19.3 Å². The second-order valence-corrected chi connectivity index (χ2v) is 3.59. The molecular weight excluding hydrogens is 210 g/mol. The molecule has 0 spiro atoms. The standard InChI is InChI=1S/C10H15N3O3/c1-7-9(12-5-11-7)4-8(13-6-14)2-3-10(15)16/h5-6,8H,2-4H2,1H3,(H,11,12)(H,13,14)(H,15,16). The van der Waals surface area contributed by atoms with E-state index in [0.717, 1.165) is 11.4 Å². The number of amides is 1. The van der Waals surface area contributed by atoms with Gasteiger partial charge in [-0.15, -0.1) is 0 Å². The fraction of sp³-hybridized carbons (Fsp3) is 0.500. The van der Waals surface area contributed by atoms with Crippen molar-refractivity contribution in [3.05, 3.63) is 17.7 Å². The first-order valence-electron chi connectivity index (χ1n) is 5.03. The van der Waals surface area contributed by atoms with Gasteiger partial charge in [0.25, 0.3) is 0 Å². The topological polar surface area (TPSA) is 95.1 Å². The molecule has 0 radical (unpaired) electrons. The van der Waals surface area contributed by atoms with E-state index < -0.39 is 5.97 Å². The smallest absolute Gasteiger partial charge is 0.303 e. The average Bonchev–Trinajstić information content (AvgIpc) is 2.61. The number of nitrogens with one attached hydrogen (secondary N) is 2. The third kappa shape index (κ3) is 3.72. The number of imidazole rings is 1. The summed E-state index contributed by atoms with van der Waals surface area (Å²) in [4.78, 5) is 27.9. The van der Waals surface area contributed by atoms with Gasteiger partial charge < -0.3 is 15.4 Å². The van der Waals surface area contributed by atoms with Crippen LogP contribution in [-0.4, -0.2) is 33.5 Å². The summed E-state index contributed by atoms with van der Waals surface area (Å²) >= 11 is 0. The third-order valence-electron chi connectivity index (χ3n) is 2.38. The van der Waals surface area contributed by atoms with Crippen LogP contribution < -0.4 is 5.32 Å². The Morgan fingerprint density at radius 1 is 1.75 bits per heavy atom. The maximum Gasteiger partial charge on any atom is 0.303 e. The van der Waals surface area contributed by atoms with Crippen molar-refractivity contribution in [2.45, 2.75) is 32.2 Å². The molecule has 16 heavy (non-hydrogen) atoms. The Kier molecular flexibility index (Phi) is 4.50. The van der Waals surface area contributed by atoms with Gasteiger partial charge >= 0.3 is 5.97 Å². The Labute approximate surface area is 93.1 Å². The molecule has 0 aliphatic rings. The van der Waals surface area contributed by atoms with Crippen molar-refractivity contribution in [1.29, 1.82) is 0 Å². The summed E-state index contributed by atoms with van der Waals surface area (Å²) in [7, 11) is 0. The fourth-order valence-electron chi connectivity index (χ4n) is 1.46. The molecule has 0 aliphatic carbocycles. The van der Waals surface area contributed by atoms with Crippen molar-refractivity contribution in [1.82, 2.24) is 15.3 Å². The molecule has 0 saturated carbocycles. The Morgan fingerprint density at radius 2 is 2.50 bits per heavy atom. The number of carboxylic acids is 1. The highest BCUT2D eigenvalue weighted by Crippen LogP contribution is 2.08. The monoisotopic (exact) mass is 225 g/mol. The van der Waals surface area contributed by atoms with Crippen LogP contribution >= 0.6 is 0 Å². The van der Waals surface area contributed by atoms with E-state index in [2.05, 4.69) is 15.3 Å². The molecule has 0 saturated heterocycles. The summed E-state index contributed by atoms with van der Waals surface area (Å²) in [5, 5.41) is 11.2. The molecule has 6 nitrogen and oxygen atoms in total. The minimum absolute atomic E-state index is 0.0367. The van der Waals surface area contributed by atoms with E-state index in [1.807, 2.05) is 6.92 Å². The molecule has 88 valence electrons. The van der Waals surface area contributed by atoms with Crippen molar-refractivity contribution in [3.8, 4) is 0 Å². The number of hydrogen-bond donors (Lipinski definition) is 3. The molecule has 1 rings (SSSR count). The number of rotatable bonds is 7. The van der Waals surface area contributed by atoms with Gasteiger partial charge in [0, 0.05) is 24.6 Å². The number of carbonyl (C=O) groups excluding carboxylic acids is 1. The Morgan fingerprint density at radius 3 is 3.00 bits per heavy atom. The summed E-state index contributed by atoms with van der Waals surface area (Å²) < 4.78 is 0. The maximum absolute atomic E-state index is 10.4. The summed E-state index contributed by atoms with van der Waals surface area (Å²) in [6, 6.07) is -0.185. The lowest BCUT2D eigenvalue weighted by Crippen LogP contribution is -2.31. The van der Waals surface area contributed by atoms with E-state index in [1.54, 1.807) is 6.33 Å². The summed E-state index contributed by atoms with van der Waals surface area (Å²) in [5.41, 5.74) is 1.79. The highest BCUT2D eigenvalue weighted by molar-refractivity contribution is 5.66. The largest absolute Gasteiger partial charge is 0.481 e. The lowest BCUT2D eigenvalue weighted by molar-refractivity contribution is -0.137. The highest BCUT2D eigenvalue weighted by atomic mass is 16.4. The molecule has 0 aromatic carbocycles. The van der Waals surface area contributed by atoms with Gasteiger partial charge in [0.1, 0.15) is 0 Å². The molecule has 0 bridgehead atoms. The van der Waals surface area contributed by atoms with Crippen LogP contribution in [0.2, 0.25) is 0 Å². The van der Waals surface area contributed by atoms with Gasteiger partial charge in [0.15, 0.2) is 0 Å². The number of nitrogens with zero attached hydrogens (tertiary/aromatic N) is 1. The van der Waals surface area contributed by atoms with Gasteiger partial charge in [0.2, 0.25) is 6.41 Å². The number of carbonyl (C=O) groups is 2. The number of aromatic amines is 1. The zero-order valence-corrected chi connectivity index (χ0v) is 9.06. The van der Waals surface area contributed by atoms with Crippen molar-refractivity contribution >= 4 is 12.4 Å².